The Morgan fingerprint density at radius 2 is 2.05 bits per heavy atom. The molecule has 0 spiro atoms. The minimum Gasteiger partial charge on any atom is -0.396 e. The highest BCUT2D eigenvalue weighted by Gasteiger charge is 2.44. The maximum absolute atomic E-state index is 9.81. The number of rotatable bonds is 5. The van der Waals surface area contributed by atoms with Gasteiger partial charge in [-0.05, 0) is 30.9 Å². The van der Waals surface area contributed by atoms with Crippen molar-refractivity contribution in [3.63, 3.8) is 0 Å². The molecule has 0 radical (unpaired) electrons. The third-order valence-corrected chi connectivity index (χ3v) is 4.82. The van der Waals surface area contributed by atoms with Crippen LogP contribution in [0.2, 0.25) is 0 Å². The van der Waals surface area contributed by atoms with Gasteiger partial charge in [-0.25, -0.2) is 0 Å². The monoisotopic (exact) mass is 277 g/mol. The number of benzene rings is 1. The Kier molecular flexibility index (Phi) is 5.19. The van der Waals surface area contributed by atoms with E-state index in [0.29, 0.717) is 12.5 Å². The molecule has 1 aliphatic heterocycles. The molecule has 2 rings (SSSR count). The maximum Gasteiger partial charge on any atom is 0.0606 e. The van der Waals surface area contributed by atoms with Crippen molar-refractivity contribution in [3.05, 3.63) is 35.9 Å². The lowest BCUT2D eigenvalue weighted by atomic mass is 9.63. The van der Waals surface area contributed by atoms with Crippen molar-refractivity contribution in [1.29, 1.82) is 0 Å². The molecule has 3 nitrogen and oxygen atoms in total. The van der Waals surface area contributed by atoms with Crippen LogP contribution in [0.3, 0.4) is 0 Å². The predicted octanol–water partition coefficient (Wildman–Crippen LogP) is 2.33. The second-order valence-electron chi connectivity index (χ2n) is 6.24. The summed E-state index contributed by atoms with van der Waals surface area (Å²) in [7, 11) is 0. The summed E-state index contributed by atoms with van der Waals surface area (Å²) in [6.07, 6.45) is 2.12. The summed E-state index contributed by atoms with van der Waals surface area (Å²) in [5.74, 6) is 0.575. The van der Waals surface area contributed by atoms with E-state index >= 15 is 0 Å². The molecule has 3 atom stereocenters. The SMILES string of the molecule is CC(C)[C@@H]1C[C@@](c2ccccc2)([C@H](CN)CO)CCO1. The van der Waals surface area contributed by atoms with E-state index in [4.69, 9.17) is 10.5 Å². The van der Waals surface area contributed by atoms with Crippen LogP contribution in [0.25, 0.3) is 0 Å². The molecule has 0 amide bonds. The zero-order valence-corrected chi connectivity index (χ0v) is 12.6. The van der Waals surface area contributed by atoms with E-state index < -0.39 is 0 Å². The van der Waals surface area contributed by atoms with Crippen LogP contribution in [0.5, 0.6) is 0 Å². The molecule has 1 aromatic rings. The minimum absolute atomic E-state index is 0.0576. The number of hydrogen-bond acceptors (Lipinski definition) is 3. The molecule has 1 fully saturated rings. The first kappa shape index (κ1) is 15.5. The van der Waals surface area contributed by atoms with Gasteiger partial charge in [-0.15, -0.1) is 0 Å². The lowest BCUT2D eigenvalue weighted by Crippen LogP contribution is -2.49. The first-order valence-electron chi connectivity index (χ1n) is 7.62. The number of ether oxygens (including phenoxy) is 1. The number of nitrogens with two attached hydrogens (primary N) is 1. The molecule has 0 aliphatic carbocycles. The highest BCUT2D eigenvalue weighted by atomic mass is 16.5. The summed E-state index contributed by atoms with van der Waals surface area (Å²) in [6, 6.07) is 10.5. The Hall–Kier alpha value is -0.900. The molecule has 1 heterocycles. The highest BCUT2D eigenvalue weighted by molar-refractivity contribution is 5.28. The molecule has 1 aliphatic rings. The first-order valence-corrected chi connectivity index (χ1v) is 7.62. The molecule has 112 valence electrons. The summed E-state index contributed by atoms with van der Waals surface area (Å²) in [5.41, 5.74) is 7.19. The van der Waals surface area contributed by atoms with Gasteiger partial charge in [0.2, 0.25) is 0 Å². The second-order valence-corrected chi connectivity index (χ2v) is 6.24. The van der Waals surface area contributed by atoms with Crippen LogP contribution >= 0.6 is 0 Å². The van der Waals surface area contributed by atoms with Crippen LogP contribution in [0, 0.1) is 11.8 Å². The molecule has 3 N–H and O–H groups in total. The van der Waals surface area contributed by atoms with Gasteiger partial charge in [0, 0.05) is 24.5 Å². The van der Waals surface area contributed by atoms with Crippen LogP contribution in [0.4, 0.5) is 0 Å². The lowest BCUT2D eigenvalue weighted by Gasteiger charge is -2.47. The van der Waals surface area contributed by atoms with Gasteiger partial charge in [0.15, 0.2) is 0 Å². The Bertz CT molecular complexity index is 403. The standard InChI is InChI=1S/C17H27NO2/c1-13(2)16-10-17(8-9-20-16,15(11-18)12-19)14-6-4-3-5-7-14/h3-7,13,15-16,19H,8-12,18H2,1-2H3/t15-,16+,17+/m1/s1. The quantitative estimate of drug-likeness (QED) is 0.868. The third kappa shape index (κ3) is 2.90. The van der Waals surface area contributed by atoms with Crippen molar-refractivity contribution in [2.45, 2.75) is 38.2 Å². The fourth-order valence-corrected chi connectivity index (χ4v) is 3.45. The van der Waals surface area contributed by atoms with Gasteiger partial charge in [0.25, 0.3) is 0 Å². The fourth-order valence-electron chi connectivity index (χ4n) is 3.45. The average molecular weight is 277 g/mol. The van der Waals surface area contributed by atoms with E-state index in [1.54, 1.807) is 0 Å². The fraction of sp³-hybridized carbons (Fsp3) is 0.647. The van der Waals surface area contributed by atoms with Crippen LogP contribution in [0.15, 0.2) is 30.3 Å². The van der Waals surface area contributed by atoms with Gasteiger partial charge in [0.05, 0.1) is 6.10 Å². The summed E-state index contributed by atoms with van der Waals surface area (Å²) >= 11 is 0. The van der Waals surface area contributed by atoms with E-state index in [9.17, 15) is 5.11 Å². The van der Waals surface area contributed by atoms with E-state index in [1.165, 1.54) is 5.56 Å². The van der Waals surface area contributed by atoms with Crippen molar-refractivity contribution in [2.24, 2.45) is 17.6 Å². The zero-order chi connectivity index (χ0) is 14.6. The summed E-state index contributed by atoms with van der Waals surface area (Å²) < 4.78 is 5.93. The lowest BCUT2D eigenvalue weighted by molar-refractivity contribution is -0.0643. The largest absolute Gasteiger partial charge is 0.396 e. The van der Waals surface area contributed by atoms with Crippen molar-refractivity contribution >= 4 is 0 Å². The molecule has 20 heavy (non-hydrogen) atoms. The van der Waals surface area contributed by atoms with Crippen molar-refractivity contribution in [1.82, 2.24) is 0 Å². The number of hydrogen-bond donors (Lipinski definition) is 2. The van der Waals surface area contributed by atoms with E-state index in [2.05, 4.69) is 38.1 Å². The van der Waals surface area contributed by atoms with Crippen LogP contribution in [-0.2, 0) is 10.2 Å². The van der Waals surface area contributed by atoms with Gasteiger partial charge in [-0.1, -0.05) is 44.2 Å². The molecule has 0 saturated carbocycles. The Balaban J connectivity index is 2.39. The summed E-state index contributed by atoms with van der Waals surface area (Å²) in [4.78, 5) is 0. The number of aliphatic hydroxyl groups excluding tert-OH is 1. The molecule has 0 bridgehead atoms. The second kappa shape index (κ2) is 6.70. The average Bonchev–Trinajstić information content (AvgIpc) is 2.49. The predicted molar refractivity (Wildman–Crippen MR) is 81.6 cm³/mol. The van der Waals surface area contributed by atoms with Crippen molar-refractivity contribution in [3.8, 4) is 0 Å². The van der Waals surface area contributed by atoms with Gasteiger partial charge in [-0.2, -0.15) is 0 Å². The van der Waals surface area contributed by atoms with E-state index in [0.717, 1.165) is 19.4 Å². The van der Waals surface area contributed by atoms with Crippen LogP contribution in [-0.4, -0.2) is 31.0 Å². The van der Waals surface area contributed by atoms with Gasteiger partial charge in [-0.3, -0.25) is 0 Å². The van der Waals surface area contributed by atoms with Crippen LogP contribution < -0.4 is 5.73 Å². The first-order chi connectivity index (χ1) is 9.64. The molecule has 1 saturated heterocycles. The van der Waals surface area contributed by atoms with Gasteiger partial charge < -0.3 is 15.6 Å². The normalized spacial score (nSPS) is 28.6. The number of aliphatic hydroxyl groups is 1. The third-order valence-electron chi connectivity index (χ3n) is 4.82. The molecular weight excluding hydrogens is 250 g/mol. The van der Waals surface area contributed by atoms with Crippen molar-refractivity contribution in [2.75, 3.05) is 19.8 Å². The van der Waals surface area contributed by atoms with Gasteiger partial charge in [0.1, 0.15) is 0 Å². The minimum atomic E-state index is -0.0576. The topological polar surface area (TPSA) is 55.5 Å². The summed E-state index contributed by atoms with van der Waals surface area (Å²) in [6.45, 7) is 5.78. The molecule has 1 aromatic carbocycles. The maximum atomic E-state index is 9.81. The molecule has 0 aromatic heterocycles. The molecule has 3 heteroatoms. The van der Waals surface area contributed by atoms with Crippen molar-refractivity contribution < 1.29 is 9.84 Å². The Labute approximate surface area is 122 Å². The Morgan fingerprint density at radius 3 is 2.60 bits per heavy atom. The van der Waals surface area contributed by atoms with E-state index in [1.807, 2.05) is 6.07 Å². The summed E-state index contributed by atoms with van der Waals surface area (Å²) in [5, 5.41) is 9.81. The van der Waals surface area contributed by atoms with E-state index in [-0.39, 0.29) is 24.0 Å². The van der Waals surface area contributed by atoms with Crippen LogP contribution in [0.1, 0.15) is 32.3 Å². The molecular formula is C17H27NO2. The smallest absolute Gasteiger partial charge is 0.0606 e. The zero-order valence-electron chi connectivity index (χ0n) is 12.6. The van der Waals surface area contributed by atoms with Gasteiger partial charge >= 0.3 is 0 Å². The Morgan fingerprint density at radius 1 is 1.35 bits per heavy atom. The highest BCUT2D eigenvalue weighted by Crippen LogP contribution is 2.44. The molecule has 0 unspecified atom stereocenters.